The van der Waals surface area contributed by atoms with Crippen molar-refractivity contribution in [1.82, 2.24) is 24.0 Å². The summed E-state index contributed by atoms with van der Waals surface area (Å²) in [5.74, 6) is 0. The fraction of sp³-hybridized carbons (Fsp3) is 0.308. The fourth-order valence-corrected chi connectivity index (χ4v) is 4.71. The van der Waals surface area contributed by atoms with E-state index in [1.165, 1.54) is 17.2 Å². The third-order valence-electron chi connectivity index (χ3n) is 6.45. The van der Waals surface area contributed by atoms with Gasteiger partial charge < -0.3 is 0 Å². The highest BCUT2D eigenvalue weighted by molar-refractivity contribution is 5.74. The molecule has 1 aromatic carbocycles. The van der Waals surface area contributed by atoms with E-state index in [0.717, 1.165) is 43.6 Å². The van der Waals surface area contributed by atoms with Crippen molar-refractivity contribution < 1.29 is 0 Å². The van der Waals surface area contributed by atoms with Crippen LogP contribution in [0.25, 0.3) is 11.0 Å². The minimum Gasteiger partial charge on any atom is -0.290 e. The van der Waals surface area contributed by atoms with Crippen LogP contribution in [0.1, 0.15) is 42.1 Å². The first-order valence-corrected chi connectivity index (χ1v) is 11.4. The van der Waals surface area contributed by atoms with Crippen molar-refractivity contribution in [3.63, 3.8) is 0 Å². The SMILES string of the molecule is Cn1c(=O)c2ccc([C@H]3CCCCN3Cc3cccnc3)nc2n(Cc2ccccc2)c1=O. The predicted octanol–water partition coefficient (Wildman–Crippen LogP) is 3.27. The van der Waals surface area contributed by atoms with Crippen LogP contribution in [-0.4, -0.2) is 30.5 Å². The molecule has 0 radical (unpaired) electrons. The highest BCUT2D eigenvalue weighted by Crippen LogP contribution is 2.31. The first-order valence-electron chi connectivity index (χ1n) is 11.4. The maximum absolute atomic E-state index is 13.1. The highest BCUT2D eigenvalue weighted by Gasteiger charge is 2.26. The summed E-state index contributed by atoms with van der Waals surface area (Å²) in [6.45, 7) is 2.14. The Morgan fingerprint density at radius 3 is 2.55 bits per heavy atom. The van der Waals surface area contributed by atoms with Crippen LogP contribution in [0.3, 0.4) is 0 Å². The van der Waals surface area contributed by atoms with E-state index in [9.17, 15) is 9.59 Å². The number of hydrogen-bond acceptors (Lipinski definition) is 5. The lowest BCUT2D eigenvalue weighted by Gasteiger charge is -2.35. The minimum absolute atomic E-state index is 0.132. The molecule has 1 saturated heterocycles. The molecule has 0 spiro atoms. The third-order valence-corrected chi connectivity index (χ3v) is 6.45. The lowest BCUT2D eigenvalue weighted by Crippen LogP contribution is -2.39. The van der Waals surface area contributed by atoms with Crippen molar-refractivity contribution in [2.45, 2.75) is 38.4 Å². The molecule has 4 heterocycles. The van der Waals surface area contributed by atoms with E-state index in [1.54, 1.807) is 10.8 Å². The van der Waals surface area contributed by atoms with Crippen molar-refractivity contribution >= 4 is 11.0 Å². The molecule has 1 aliphatic heterocycles. The van der Waals surface area contributed by atoms with E-state index in [4.69, 9.17) is 4.98 Å². The summed E-state index contributed by atoms with van der Waals surface area (Å²) in [6.07, 6.45) is 6.95. The van der Waals surface area contributed by atoms with Gasteiger partial charge in [-0.3, -0.25) is 23.8 Å². The number of pyridine rings is 2. The molecule has 1 aliphatic rings. The zero-order chi connectivity index (χ0) is 22.8. The molecule has 4 aromatic rings. The van der Waals surface area contributed by atoms with Gasteiger partial charge >= 0.3 is 5.69 Å². The Morgan fingerprint density at radius 1 is 0.939 bits per heavy atom. The van der Waals surface area contributed by atoms with Gasteiger partial charge in [0.15, 0.2) is 0 Å². The molecule has 0 saturated carbocycles. The van der Waals surface area contributed by atoms with Gasteiger partial charge in [0.25, 0.3) is 5.56 Å². The second kappa shape index (κ2) is 9.11. The second-order valence-electron chi connectivity index (χ2n) is 8.67. The fourth-order valence-electron chi connectivity index (χ4n) is 4.71. The molecular weight excluding hydrogens is 414 g/mol. The Balaban J connectivity index is 1.59. The summed E-state index contributed by atoms with van der Waals surface area (Å²) in [5.41, 5.74) is 2.85. The van der Waals surface area contributed by atoms with E-state index >= 15 is 0 Å². The molecule has 7 heteroatoms. The van der Waals surface area contributed by atoms with Crippen LogP contribution in [-0.2, 0) is 20.1 Å². The van der Waals surface area contributed by atoms with E-state index < -0.39 is 0 Å². The number of benzene rings is 1. The molecule has 1 atom stereocenters. The lowest BCUT2D eigenvalue weighted by molar-refractivity contribution is 0.137. The zero-order valence-corrected chi connectivity index (χ0v) is 18.7. The van der Waals surface area contributed by atoms with Gasteiger partial charge in [0, 0.05) is 26.0 Å². The Morgan fingerprint density at radius 2 is 1.76 bits per heavy atom. The Kier molecular flexibility index (Phi) is 5.88. The monoisotopic (exact) mass is 441 g/mol. The van der Waals surface area contributed by atoms with Gasteiger partial charge in [0.1, 0.15) is 5.65 Å². The largest absolute Gasteiger partial charge is 0.332 e. The Hall–Kier alpha value is -3.58. The molecule has 7 nitrogen and oxygen atoms in total. The average Bonchev–Trinajstić information content (AvgIpc) is 2.86. The summed E-state index contributed by atoms with van der Waals surface area (Å²) in [4.78, 5) is 37.5. The van der Waals surface area contributed by atoms with Crippen LogP contribution in [0, 0.1) is 0 Å². The minimum atomic E-state index is -0.350. The number of hydrogen-bond donors (Lipinski definition) is 0. The van der Waals surface area contributed by atoms with Crippen LogP contribution in [0.15, 0.2) is 76.6 Å². The van der Waals surface area contributed by atoms with Crippen molar-refractivity contribution in [3.05, 3.63) is 105 Å². The second-order valence-corrected chi connectivity index (χ2v) is 8.67. The van der Waals surface area contributed by atoms with E-state index in [2.05, 4.69) is 16.0 Å². The molecule has 33 heavy (non-hydrogen) atoms. The van der Waals surface area contributed by atoms with Crippen LogP contribution in [0.5, 0.6) is 0 Å². The first kappa shape index (κ1) is 21.3. The lowest BCUT2D eigenvalue weighted by atomic mass is 9.98. The molecule has 0 aliphatic carbocycles. The molecule has 3 aromatic heterocycles. The van der Waals surface area contributed by atoms with Crippen molar-refractivity contribution in [1.29, 1.82) is 0 Å². The standard InChI is InChI=1S/C26H27N5O2/c1-29-25(32)21-12-13-22(23-11-5-6-15-30(23)17-20-10-7-14-27-16-20)28-24(21)31(26(29)33)18-19-8-3-2-4-9-19/h2-4,7-10,12-14,16,23H,5-6,11,15,17-18H2,1H3/t23-/m1/s1. The van der Waals surface area contributed by atoms with Gasteiger partial charge in [0.05, 0.1) is 23.7 Å². The summed E-state index contributed by atoms with van der Waals surface area (Å²) in [5, 5.41) is 0.464. The van der Waals surface area contributed by atoms with Crippen molar-refractivity contribution in [3.8, 4) is 0 Å². The van der Waals surface area contributed by atoms with Gasteiger partial charge in [-0.05, 0) is 48.7 Å². The molecule has 168 valence electrons. The summed E-state index contributed by atoms with van der Waals surface area (Å²) in [7, 11) is 1.52. The van der Waals surface area contributed by atoms with Crippen LogP contribution < -0.4 is 11.2 Å². The number of rotatable bonds is 5. The maximum atomic E-state index is 13.1. The number of aromatic nitrogens is 4. The molecule has 5 rings (SSSR count). The summed E-state index contributed by atoms with van der Waals surface area (Å²) < 4.78 is 2.78. The van der Waals surface area contributed by atoms with Crippen LogP contribution >= 0.6 is 0 Å². The van der Waals surface area contributed by atoms with Crippen LogP contribution in [0.2, 0.25) is 0 Å². The van der Waals surface area contributed by atoms with E-state index in [0.29, 0.717) is 17.6 Å². The van der Waals surface area contributed by atoms with Crippen LogP contribution in [0.4, 0.5) is 0 Å². The smallest absolute Gasteiger partial charge is 0.290 e. The number of fused-ring (bicyclic) bond motifs is 1. The normalized spacial score (nSPS) is 16.8. The molecular formula is C26H27N5O2. The predicted molar refractivity (Wildman–Crippen MR) is 128 cm³/mol. The quantitative estimate of drug-likeness (QED) is 0.475. The van der Waals surface area contributed by atoms with Crippen molar-refractivity contribution in [2.24, 2.45) is 7.05 Å². The Labute approximate surface area is 192 Å². The van der Waals surface area contributed by atoms with Gasteiger partial charge in [-0.15, -0.1) is 0 Å². The third kappa shape index (κ3) is 4.24. The molecule has 0 bridgehead atoms. The topological polar surface area (TPSA) is 73.0 Å². The average molecular weight is 442 g/mol. The molecule has 0 N–H and O–H groups in total. The highest BCUT2D eigenvalue weighted by atomic mass is 16.2. The number of piperidine rings is 1. The molecule has 0 amide bonds. The van der Waals surface area contributed by atoms with Gasteiger partial charge in [-0.1, -0.05) is 42.8 Å². The summed E-state index contributed by atoms with van der Waals surface area (Å²) in [6, 6.07) is 17.8. The Bertz CT molecular complexity index is 1380. The van der Waals surface area contributed by atoms with E-state index in [1.807, 2.05) is 54.7 Å². The first-order chi connectivity index (χ1) is 16.1. The van der Waals surface area contributed by atoms with Gasteiger partial charge in [-0.2, -0.15) is 0 Å². The van der Waals surface area contributed by atoms with Gasteiger partial charge in [-0.25, -0.2) is 9.78 Å². The van der Waals surface area contributed by atoms with Crippen molar-refractivity contribution in [2.75, 3.05) is 6.54 Å². The zero-order valence-electron chi connectivity index (χ0n) is 18.7. The van der Waals surface area contributed by atoms with Gasteiger partial charge in [0.2, 0.25) is 0 Å². The number of likely N-dealkylation sites (tertiary alicyclic amines) is 1. The maximum Gasteiger partial charge on any atom is 0.332 e. The molecule has 0 unspecified atom stereocenters. The summed E-state index contributed by atoms with van der Waals surface area (Å²) >= 11 is 0. The molecule has 1 fully saturated rings. The van der Waals surface area contributed by atoms with E-state index in [-0.39, 0.29) is 17.3 Å². The number of nitrogens with zero attached hydrogens (tertiary/aromatic N) is 5.